The lowest BCUT2D eigenvalue weighted by molar-refractivity contribution is 0.0992. The Morgan fingerprint density at radius 2 is 2.15 bits per heavy atom. The van der Waals surface area contributed by atoms with Gasteiger partial charge in [0.15, 0.2) is 5.78 Å². The van der Waals surface area contributed by atoms with Gasteiger partial charge in [-0.2, -0.15) is 0 Å². The Hall–Kier alpha value is -0.540. The molecule has 1 aromatic carbocycles. The summed E-state index contributed by atoms with van der Waals surface area (Å²) in [5, 5.41) is 10.1. The summed E-state index contributed by atoms with van der Waals surface area (Å²) in [4.78, 5) is 11.4. The number of hydrogen-bond donors (Lipinski definition) is 1. The summed E-state index contributed by atoms with van der Waals surface area (Å²) in [5.41, 5.74) is 1.16. The third kappa shape index (κ3) is 1.27. The van der Waals surface area contributed by atoms with Crippen molar-refractivity contribution in [1.29, 1.82) is 0 Å². The molecule has 0 unspecified atom stereocenters. The Balaban J connectivity index is 2.77. The highest BCUT2D eigenvalue weighted by atomic mass is 79.9. The van der Waals surface area contributed by atoms with Crippen molar-refractivity contribution in [3.8, 4) is 5.75 Å². The summed E-state index contributed by atoms with van der Waals surface area (Å²) in [6.45, 7) is 0. The number of halogens is 2. The molecule has 1 aliphatic rings. The van der Waals surface area contributed by atoms with Crippen LogP contribution in [0, 0.1) is 0 Å². The van der Waals surface area contributed by atoms with Crippen LogP contribution in [0.4, 0.5) is 0 Å². The Bertz CT molecular complexity index is 401. The second kappa shape index (κ2) is 3.00. The van der Waals surface area contributed by atoms with Crippen molar-refractivity contribution in [2.75, 3.05) is 0 Å². The van der Waals surface area contributed by atoms with E-state index in [9.17, 15) is 9.90 Å². The number of carbonyl (C=O) groups is 1. The number of Topliss-reactive ketones (excluding diaryl/α,β-unsaturated/α-hetero) is 1. The molecule has 0 fully saturated rings. The lowest BCUT2D eigenvalue weighted by atomic mass is 10.1. The van der Waals surface area contributed by atoms with Crippen molar-refractivity contribution in [2.24, 2.45) is 0 Å². The van der Waals surface area contributed by atoms with Crippen molar-refractivity contribution in [3.63, 3.8) is 0 Å². The maximum Gasteiger partial charge on any atom is 0.167 e. The maximum atomic E-state index is 11.4. The summed E-state index contributed by atoms with van der Waals surface area (Å²) in [6.07, 6.45) is 1.08. The fourth-order valence-electron chi connectivity index (χ4n) is 1.56. The largest absolute Gasteiger partial charge is 0.506 e. The number of ketones is 1. The molecule has 2 nitrogen and oxygen atoms in total. The van der Waals surface area contributed by atoms with Crippen molar-refractivity contribution in [1.82, 2.24) is 0 Å². The molecule has 0 aromatic heterocycles. The first-order valence-electron chi connectivity index (χ1n) is 3.84. The topological polar surface area (TPSA) is 37.3 Å². The highest BCUT2D eigenvalue weighted by Gasteiger charge is 2.26. The van der Waals surface area contributed by atoms with Gasteiger partial charge in [-0.05, 0) is 34.0 Å². The minimum Gasteiger partial charge on any atom is -0.506 e. The van der Waals surface area contributed by atoms with Gasteiger partial charge in [0.1, 0.15) is 5.75 Å². The fraction of sp³-hybridized carbons (Fsp3) is 0.222. The van der Waals surface area contributed by atoms with Crippen molar-refractivity contribution in [2.45, 2.75) is 12.8 Å². The highest BCUT2D eigenvalue weighted by molar-refractivity contribution is 9.10. The van der Waals surface area contributed by atoms with E-state index in [1.54, 1.807) is 6.07 Å². The number of benzene rings is 1. The summed E-state index contributed by atoms with van der Waals surface area (Å²) < 4.78 is 0.478. The van der Waals surface area contributed by atoms with Crippen LogP contribution in [0.15, 0.2) is 10.5 Å². The normalized spacial score (nSPS) is 14.8. The summed E-state index contributed by atoms with van der Waals surface area (Å²) in [7, 11) is 0. The molecule has 68 valence electrons. The first kappa shape index (κ1) is 9.03. The Morgan fingerprint density at radius 3 is 2.85 bits per heavy atom. The molecule has 13 heavy (non-hydrogen) atoms. The lowest BCUT2D eigenvalue weighted by Gasteiger charge is -2.05. The summed E-state index contributed by atoms with van der Waals surface area (Å²) in [6, 6.07) is 1.62. The van der Waals surface area contributed by atoms with Gasteiger partial charge in [0.05, 0.1) is 10.0 Å². The quantitative estimate of drug-likeness (QED) is 0.779. The number of hydrogen-bond acceptors (Lipinski definition) is 2. The van der Waals surface area contributed by atoms with Gasteiger partial charge in [-0.15, -0.1) is 0 Å². The molecule has 1 aliphatic carbocycles. The van der Waals surface area contributed by atoms with Gasteiger partial charge in [-0.25, -0.2) is 0 Å². The SMILES string of the molecule is O=C1CCc2c(Cl)cc(Br)c(O)c21. The van der Waals surface area contributed by atoms with Gasteiger partial charge < -0.3 is 5.11 Å². The zero-order chi connectivity index (χ0) is 9.59. The maximum absolute atomic E-state index is 11.4. The second-order valence-electron chi connectivity index (χ2n) is 2.97. The van der Waals surface area contributed by atoms with Crippen molar-refractivity contribution in [3.05, 3.63) is 26.7 Å². The molecule has 1 N–H and O–H groups in total. The van der Waals surface area contributed by atoms with Crippen LogP contribution < -0.4 is 0 Å². The van der Waals surface area contributed by atoms with Crippen LogP contribution in [0.25, 0.3) is 0 Å². The third-order valence-corrected chi connectivity index (χ3v) is 3.13. The molecule has 4 heteroatoms. The zero-order valence-corrected chi connectivity index (χ0v) is 8.94. The van der Waals surface area contributed by atoms with Gasteiger partial charge in [0.2, 0.25) is 0 Å². The number of rotatable bonds is 0. The van der Waals surface area contributed by atoms with E-state index in [-0.39, 0.29) is 11.5 Å². The molecule has 0 saturated carbocycles. The first-order valence-corrected chi connectivity index (χ1v) is 5.01. The van der Waals surface area contributed by atoms with Crippen LogP contribution in [0.1, 0.15) is 22.3 Å². The van der Waals surface area contributed by atoms with E-state index in [0.29, 0.717) is 27.9 Å². The van der Waals surface area contributed by atoms with Gasteiger partial charge in [-0.1, -0.05) is 11.6 Å². The second-order valence-corrected chi connectivity index (χ2v) is 4.23. The van der Waals surface area contributed by atoms with E-state index in [0.717, 1.165) is 5.56 Å². The van der Waals surface area contributed by atoms with Crippen molar-refractivity contribution >= 4 is 33.3 Å². The van der Waals surface area contributed by atoms with Gasteiger partial charge >= 0.3 is 0 Å². The first-order chi connectivity index (χ1) is 6.11. The van der Waals surface area contributed by atoms with Crippen LogP contribution >= 0.6 is 27.5 Å². The molecule has 1 aromatic rings. The van der Waals surface area contributed by atoms with E-state index in [1.807, 2.05) is 0 Å². The van der Waals surface area contributed by atoms with Crippen LogP contribution in [-0.4, -0.2) is 10.9 Å². The lowest BCUT2D eigenvalue weighted by Crippen LogP contribution is -1.93. The zero-order valence-electron chi connectivity index (χ0n) is 6.60. The highest BCUT2D eigenvalue weighted by Crippen LogP contribution is 2.39. The fourth-order valence-corrected chi connectivity index (χ4v) is 2.41. The van der Waals surface area contributed by atoms with Gasteiger partial charge in [0, 0.05) is 11.4 Å². The van der Waals surface area contributed by atoms with Crippen LogP contribution in [-0.2, 0) is 6.42 Å². The Morgan fingerprint density at radius 1 is 1.46 bits per heavy atom. The average Bonchev–Trinajstić information content (AvgIpc) is 2.44. The van der Waals surface area contributed by atoms with Crippen molar-refractivity contribution < 1.29 is 9.90 Å². The van der Waals surface area contributed by atoms with E-state index in [1.165, 1.54) is 0 Å². The molecule has 0 amide bonds. The molecule has 0 atom stereocenters. The molecular formula is C9H6BrClO2. The van der Waals surface area contributed by atoms with E-state index in [4.69, 9.17) is 11.6 Å². The Labute approximate surface area is 88.6 Å². The number of phenolic OH excluding ortho intramolecular Hbond substituents is 1. The van der Waals surface area contributed by atoms with E-state index in [2.05, 4.69) is 15.9 Å². The smallest absolute Gasteiger partial charge is 0.167 e. The summed E-state index contributed by atoms with van der Waals surface area (Å²) in [5.74, 6) is -0.0161. The average molecular weight is 262 g/mol. The predicted octanol–water partition coefficient (Wildman–Crippen LogP) is 2.94. The molecule has 0 heterocycles. The van der Waals surface area contributed by atoms with Gasteiger partial charge in [0.25, 0.3) is 0 Å². The molecule has 0 aliphatic heterocycles. The van der Waals surface area contributed by atoms with Crippen LogP contribution in [0.3, 0.4) is 0 Å². The molecule has 0 spiro atoms. The molecule has 0 saturated heterocycles. The standard InChI is InChI=1S/C9H6BrClO2/c10-5-3-6(11)4-1-2-7(12)8(4)9(5)13/h3,13H,1-2H2. The van der Waals surface area contributed by atoms with E-state index >= 15 is 0 Å². The number of carbonyl (C=O) groups excluding carboxylic acids is 1. The number of aromatic hydroxyl groups is 1. The Kier molecular flexibility index (Phi) is 2.08. The minimum absolute atomic E-state index is 0.0156. The van der Waals surface area contributed by atoms with Crippen LogP contribution in [0.5, 0.6) is 5.75 Å². The minimum atomic E-state index is -0.0318. The summed E-state index contributed by atoms with van der Waals surface area (Å²) >= 11 is 9.06. The molecule has 0 bridgehead atoms. The van der Waals surface area contributed by atoms with E-state index < -0.39 is 0 Å². The van der Waals surface area contributed by atoms with Crippen LogP contribution in [0.2, 0.25) is 5.02 Å². The molecule has 2 rings (SSSR count). The van der Waals surface area contributed by atoms with Gasteiger partial charge in [-0.3, -0.25) is 4.79 Å². The number of phenols is 1. The predicted molar refractivity (Wildman–Crippen MR) is 53.5 cm³/mol. The molecular weight excluding hydrogens is 255 g/mol. The number of fused-ring (bicyclic) bond motifs is 1. The molecule has 0 radical (unpaired) electrons. The monoisotopic (exact) mass is 260 g/mol. The third-order valence-electron chi connectivity index (χ3n) is 2.19.